The van der Waals surface area contributed by atoms with Crippen LogP contribution in [0.15, 0.2) is 0 Å². The standard InChI is InChI=1S/C13H25N3O2.ClH/c1-3-8-15-12(17)5-4-6-13(18)16(2)11-7-9-14-10-11;/h11,14H,3-10H2,1-2H3,(H,15,17);1H. The molecule has 0 aromatic carbocycles. The van der Waals surface area contributed by atoms with Gasteiger partial charge in [-0.1, -0.05) is 6.92 Å². The van der Waals surface area contributed by atoms with Gasteiger partial charge in [0.05, 0.1) is 0 Å². The van der Waals surface area contributed by atoms with Crippen molar-refractivity contribution in [2.45, 2.75) is 45.1 Å². The zero-order valence-electron chi connectivity index (χ0n) is 11.9. The van der Waals surface area contributed by atoms with Gasteiger partial charge in [-0.2, -0.15) is 0 Å². The fourth-order valence-electron chi connectivity index (χ4n) is 2.10. The van der Waals surface area contributed by atoms with Crippen LogP contribution in [0.2, 0.25) is 0 Å². The Balaban J connectivity index is 0.00000324. The largest absolute Gasteiger partial charge is 0.356 e. The molecule has 1 fully saturated rings. The molecule has 0 bridgehead atoms. The molecular formula is C13H26ClN3O2. The van der Waals surface area contributed by atoms with E-state index >= 15 is 0 Å². The molecule has 6 heteroatoms. The van der Waals surface area contributed by atoms with Crippen molar-refractivity contribution in [1.82, 2.24) is 15.5 Å². The van der Waals surface area contributed by atoms with Crippen LogP contribution in [0.25, 0.3) is 0 Å². The number of carbonyl (C=O) groups is 2. The minimum absolute atomic E-state index is 0. The topological polar surface area (TPSA) is 61.4 Å². The molecule has 1 saturated heterocycles. The van der Waals surface area contributed by atoms with Crippen molar-refractivity contribution < 1.29 is 9.59 Å². The predicted molar refractivity (Wildman–Crippen MR) is 78.4 cm³/mol. The van der Waals surface area contributed by atoms with E-state index < -0.39 is 0 Å². The molecule has 1 atom stereocenters. The molecule has 0 saturated carbocycles. The van der Waals surface area contributed by atoms with E-state index in [1.165, 1.54) is 0 Å². The lowest BCUT2D eigenvalue weighted by Gasteiger charge is -2.23. The highest BCUT2D eigenvalue weighted by atomic mass is 35.5. The summed E-state index contributed by atoms with van der Waals surface area (Å²) >= 11 is 0. The van der Waals surface area contributed by atoms with Crippen LogP contribution in [-0.4, -0.2) is 49.4 Å². The molecule has 112 valence electrons. The normalized spacial score (nSPS) is 17.7. The molecule has 1 rings (SSSR count). The number of hydrogen-bond acceptors (Lipinski definition) is 3. The summed E-state index contributed by atoms with van der Waals surface area (Å²) in [6.07, 6.45) is 3.52. The number of halogens is 1. The molecular weight excluding hydrogens is 266 g/mol. The van der Waals surface area contributed by atoms with E-state index in [-0.39, 0.29) is 24.2 Å². The second-order valence-corrected chi connectivity index (χ2v) is 4.85. The lowest BCUT2D eigenvalue weighted by molar-refractivity contribution is -0.131. The summed E-state index contributed by atoms with van der Waals surface area (Å²) < 4.78 is 0. The van der Waals surface area contributed by atoms with Crippen LogP contribution in [0.4, 0.5) is 0 Å². The molecule has 2 N–H and O–H groups in total. The molecule has 0 aromatic rings. The summed E-state index contributed by atoms with van der Waals surface area (Å²) in [4.78, 5) is 25.1. The maximum atomic E-state index is 11.9. The number of amides is 2. The summed E-state index contributed by atoms with van der Waals surface area (Å²) in [5, 5.41) is 6.06. The molecule has 2 amide bonds. The fraction of sp³-hybridized carbons (Fsp3) is 0.846. The van der Waals surface area contributed by atoms with Crippen LogP contribution in [0.5, 0.6) is 0 Å². The van der Waals surface area contributed by atoms with Gasteiger partial charge >= 0.3 is 0 Å². The van der Waals surface area contributed by atoms with Crippen molar-refractivity contribution >= 4 is 24.2 Å². The van der Waals surface area contributed by atoms with Gasteiger partial charge in [0.2, 0.25) is 11.8 Å². The Hall–Kier alpha value is -0.810. The van der Waals surface area contributed by atoms with Crippen LogP contribution in [-0.2, 0) is 9.59 Å². The van der Waals surface area contributed by atoms with Crippen LogP contribution in [0.1, 0.15) is 39.0 Å². The van der Waals surface area contributed by atoms with Gasteiger partial charge < -0.3 is 15.5 Å². The second-order valence-electron chi connectivity index (χ2n) is 4.85. The first-order valence-electron chi connectivity index (χ1n) is 6.88. The van der Waals surface area contributed by atoms with Crippen molar-refractivity contribution in [3.8, 4) is 0 Å². The smallest absolute Gasteiger partial charge is 0.222 e. The molecule has 19 heavy (non-hydrogen) atoms. The van der Waals surface area contributed by atoms with Gasteiger partial charge in [0.25, 0.3) is 0 Å². The molecule has 1 aliphatic rings. The van der Waals surface area contributed by atoms with E-state index in [4.69, 9.17) is 0 Å². The molecule has 1 aliphatic heterocycles. The monoisotopic (exact) mass is 291 g/mol. The Labute approximate surface area is 121 Å². The van der Waals surface area contributed by atoms with E-state index in [1.54, 1.807) is 0 Å². The zero-order valence-corrected chi connectivity index (χ0v) is 12.7. The van der Waals surface area contributed by atoms with Crippen LogP contribution in [0, 0.1) is 0 Å². The second kappa shape index (κ2) is 10.0. The fourth-order valence-corrected chi connectivity index (χ4v) is 2.10. The van der Waals surface area contributed by atoms with Crippen molar-refractivity contribution in [2.24, 2.45) is 0 Å². The minimum Gasteiger partial charge on any atom is -0.356 e. The SMILES string of the molecule is CCCNC(=O)CCCC(=O)N(C)C1CCNC1.Cl. The molecule has 0 spiro atoms. The van der Waals surface area contributed by atoms with Gasteiger partial charge in [-0.05, 0) is 25.8 Å². The zero-order chi connectivity index (χ0) is 13.4. The third kappa shape index (κ3) is 6.78. The number of hydrogen-bond donors (Lipinski definition) is 2. The lowest BCUT2D eigenvalue weighted by atomic mass is 10.1. The Bertz CT molecular complexity index is 281. The highest BCUT2D eigenvalue weighted by Gasteiger charge is 2.22. The number of nitrogens with zero attached hydrogens (tertiary/aromatic N) is 1. The number of carbonyl (C=O) groups excluding carboxylic acids is 2. The van der Waals surface area contributed by atoms with Crippen molar-refractivity contribution in [1.29, 1.82) is 0 Å². The Morgan fingerprint density at radius 3 is 2.68 bits per heavy atom. The first-order chi connectivity index (χ1) is 8.65. The highest BCUT2D eigenvalue weighted by Crippen LogP contribution is 2.09. The van der Waals surface area contributed by atoms with E-state index in [0.29, 0.717) is 25.3 Å². The Kier molecular flexibility index (Phi) is 9.61. The van der Waals surface area contributed by atoms with Crippen molar-refractivity contribution in [3.63, 3.8) is 0 Å². The molecule has 1 unspecified atom stereocenters. The average molecular weight is 292 g/mol. The van der Waals surface area contributed by atoms with E-state index in [9.17, 15) is 9.59 Å². The van der Waals surface area contributed by atoms with E-state index in [0.717, 1.165) is 32.5 Å². The van der Waals surface area contributed by atoms with Crippen LogP contribution >= 0.6 is 12.4 Å². The van der Waals surface area contributed by atoms with Gasteiger partial charge in [0.1, 0.15) is 0 Å². The number of rotatable bonds is 7. The lowest BCUT2D eigenvalue weighted by Crippen LogP contribution is -2.38. The van der Waals surface area contributed by atoms with Gasteiger partial charge in [0, 0.05) is 39.0 Å². The predicted octanol–water partition coefficient (Wildman–Crippen LogP) is 0.925. The third-order valence-electron chi connectivity index (χ3n) is 3.34. The summed E-state index contributed by atoms with van der Waals surface area (Å²) in [6.45, 7) is 4.62. The summed E-state index contributed by atoms with van der Waals surface area (Å²) in [7, 11) is 1.86. The minimum atomic E-state index is 0. The molecule has 5 nitrogen and oxygen atoms in total. The quantitative estimate of drug-likeness (QED) is 0.733. The van der Waals surface area contributed by atoms with Crippen molar-refractivity contribution in [2.75, 3.05) is 26.7 Å². The Morgan fingerprint density at radius 2 is 2.11 bits per heavy atom. The van der Waals surface area contributed by atoms with Gasteiger partial charge in [-0.25, -0.2) is 0 Å². The van der Waals surface area contributed by atoms with Gasteiger partial charge in [-0.3, -0.25) is 9.59 Å². The van der Waals surface area contributed by atoms with Crippen LogP contribution < -0.4 is 10.6 Å². The number of nitrogens with one attached hydrogen (secondary N) is 2. The summed E-state index contributed by atoms with van der Waals surface area (Å²) in [5.74, 6) is 0.196. The van der Waals surface area contributed by atoms with Crippen LogP contribution in [0.3, 0.4) is 0 Å². The van der Waals surface area contributed by atoms with Crippen molar-refractivity contribution in [3.05, 3.63) is 0 Å². The molecule has 1 heterocycles. The maximum Gasteiger partial charge on any atom is 0.222 e. The maximum absolute atomic E-state index is 11.9. The molecule has 0 radical (unpaired) electrons. The Morgan fingerprint density at radius 1 is 1.37 bits per heavy atom. The van der Waals surface area contributed by atoms with Gasteiger partial charge in [0.15, 0.2) is 0 Å². The average Bonchev–Trinajstić information content (AvgIpc) is 2.89. The first kappa shape index (κ1) is 18.2. The van der Waals surface area contributed by atoms with E-state index in [1.807, 2.05) is 18.9 Å². The number of likely N-dealkylation sites (N-methyl/N-ethyl adjacent to an activating group) is 1. The summed E-state index contributed by atoms with van der Waals surface area (Å²) in [6, 6.07) is 0.325. The highest BCUT2D eigenvalue weighted by molar-refractivity contribution is 5.85. The molecule has 0 aliphatic carbocycles. The first-order valence-corrected chi connectivity index (χ1v) is 6.88. The summed E-state index contributed by atoms with van der Waals surface area (Å²) in [5.41, 5.74) is 0. The van der Waals surface area contributed by atoms with E-state index in [2.05, 4.69) is 10.6 Å². The molecule has 0 aromatic heterocycles. The van der Waals surface area contributed by atoms with Gasteiger partial charge in [-0.15, -0.1) is 12.4 Å². The third-order valence-corrected chi connectivity index (χ3v) is 3.34.